The van der Waals surface area contributed by atoms with E-state index in [-0.39, 0.29) is 30.6 Å². The van der Waals surface area contributed by atoms with E-state index in [1.165, 1.54) is 11.1 Å². The first kappa shape index (κ1) is 25.1. The molecule has 0 spiro atoms. The molecule has 0 aliphatic carbocycles. The van der Waals surface area contributed by atoms with Crippen molar-refractivity contribution in [1.29, 1.82) is 0 Å². The van der Waals surface area contributed by atoms with E-state index in [0.29, 0.717) is 12.6 Å². The van der Waals surface area contributed by atoms with Crippen molar-refractivity contribution in [2.45, 2.75) is 50.7 Å². The van der Waals surface area contributed by atoms with Gasteiger partial charge < -0.3 is 15.3 Å². The minimum atomic E-state index is -0.0592. The highest BCUT2D eigenvalue weighted by molar-refractivity contribution is 5.89. The summed E-state index contributed by atoms with van der Waals surface area (Å²) in [5.74, 6) is 6.63. The molecule has 0 aromatic heterocycles. The topological polar surface area (TPSA) is 55.8 Å². The molecule has 3 aromatic carbocycles. The molecule has 5 rings (SSSR count). The Bertz CT molecular complexity index is 1260. The first-order valence-corrected chi connectivity index (χ1v) is 13.2. The number of nitrogens with zero attached hydrogens (tertiary/aromatic N) is 2. The molecule has 0 radical (unpaired) electrons. The van der Waals surface area contributed by atoms with Crippen molar-refractivity contribution in [2.75, 3.05) is 25.0 Å². The van der Waals surface area contributed by atoms with Crippen molar-refractivity contribution in [3.63, 3.8) is 0 Å². The number of carbonyl (C=O) groups is 1. The number of hydrogen-bond donors (Lipinski definition) is 2. The third-order valence-electron chi connectivity index (χ3n) is 7.76. The summed E-state index contributed by atoms with van der Waals surface area (Å²) in [5.41, 5.74) is 5.13. The van der Waals surface area contributed by atoms with E-state index < -0.39 is 0 Å². The number of rotatable bonds is 3. The molecule has 2 saturated heterocycles. The van der Waals surface area contributed by atoms with Crippen molar-refractivity contribution in [1.82, 2.24) is 9.80 Å². The predicted molar refractivity (Wildman–Crippen MR) is 149 cm³/mol. The lowest BCUT2D eigenvalue weighted by Crippen LogP contribution is -2.70. The zero-order valence-corrected chi connectivity index (χ0v) is 21.6. The molecule has 2 heterocycles. The van der Waals surface area contributed by atoms with Gasteiger partial charge >= 0.3 is 6.03 Å². The van der Waals surface area contributed by atoms with E-state index in [0.717, 1.165) is 36.2 Å². The molecule has 0 bridgehead atoms. The first-order valence-electron chi connectivity index (χ1n) is 13.2. The molecular formula is C32H35N3O2. The van der Waals surface area contributed by atoms with Gasteiger partial charge in [0.1, 0.15) is 0 Å². The summed E-state index contributed by atoms with van der Waals surface area (Å²) < 4.78 is 0. The number of aliphatic hydroxyl groups is 1. The third-order valence-corrected chi connectivity index (χ3v) is 7.76. The van der Waals surface area contributed by atoms with Gasteiger partial charge in [-0.3, -0.25) is 4.90 Å². The first-order chi connectivity index (χ1) is 18.0. The molecular weight excluding hydrogens is 458 g/mol. The lowest BCUT2D eigenvalue weighted by Gasteiger charge is -2.59. The zero-order valence-electron chi connectivity index (χ0n) is 21.6. The van der Waals surface area contributed by atoms with E-state index in [9.17, 15) is 9.90 Å². The highest BCUT2D eigenvalue weighted by Gasteiger charge is 2.51. The van der Waals surface area contributed by atoms with E-state index in [4.69, 9.17) is 0 Å². The van der Waals surface area contributed by atoms with Crippen LogP contribution in [0.25, 0.3) is 0 Å². The van der Waals surface area contributed by atoms with Crippen molar-refractivity contribution in [3.05, 3.63) is 101 Å². The van der Waals surface area contributed by atoms with Gasteiger partial charge in [-0.2, -0.15) is 0 Å². The standard InChI is InChI=1S/C32H35N3O2/c1-23-10-18-28(19-11-23)33-32(37)34-20-6-7-24(2)35-29(21-34)31(30(35)22-36)27-16-14-26(15-17-27)13-12-25-8-4-3-5-9-25/h3-5,8-11,14-19,24,29-31,36H,6-7,20-22H2,1-2H3,(H,33,37)/t24?,29-,30+,31+/m0/s1. The number of aryl methyl sites for hydroxylation is 1. The molecule has 2 aliphatic rings. The van der Waals surface area contributed by atoms with Gasteiger partial charge in [0.2, 0.25) is 0 Å². The van der Waals surface area contributed by atoms with Crippen molar-refractivity contribution >= 4 is 11.7 Å². The molecule has 4 atom stereocenters. The summed E-state index contributed by atoms with van der Waals surface area (Å²) >= 11 is 0. The lowest BCUT2D eigenvalue weighted by molar-refractivity contribution is -0.0854. The number of nitrogens with one attached hydrogen (secondary N) is 1. The molecule has 37 heavy (non-hydrogen) atoms. The molecule has 2 amide bonds. The van der Waals surface area contributed by atoms with E-state index >= 15 is 0 Å². The Morgan fingerprint density at radius 1 is 0.973 bits per heavy atom. The van der Waals surface area contributed by atoms with Crippen LogP contribution in [0.4, 0.5) is 10.5 Å². The highest BCUT2D eigenvalue weighted by Crippen LogP contribution is 2.44. The van der Waals surface area contributed by atoms with E-state index in [2.05, 4.69) is 53.2 Å². The number of benzene rings is 3. The molecule has 5 nitrogen and oxygen atoms in total. The molecule has 2 N–H and O–H groups in total. The Morgan fingerprint density at radius 3 is 2.32 bits per heavy atom. The maximum absolute atomic E-state index is 13.2. The van der Waals surface area contributed by atoms with Crippen LogP contribution in [0.5, 0.6) is 0 Å². The second-order valence-electron chi connectivity index (χ2n) is 10.3. The third kappa shape index (κ3) is 5.56. The van der Waals surface area contributed by atoms with Crippen molar-refractivity contribution in [2.24, 2.45) is 0 Å². The summed E-state index contributed by atoms with van der Waals surface area (Å²) in [4.78, 5) is 17.6. The van der Waals surface area contributed by atoms with Gasteiger partial charge in [0.05, 0.1) is 6.61 Å². The Kier molecular flexibility index (Phi) is 7.60. The second kappa shape index (κ2) is 11.2. The van der Waals surface area contributed by atoms with Crippen molar-refractivity contribution < 1.29 is 9.90 Å². The maximum Gasteiger partial charge on any atom is 0.321 e. The number of carbonyl (C=O) groups excluding carboxylic acids is 1. The number of fused-ring (bicyclic) bond motifs is 1. The summed E-state index contributed by atoms with van der Waals surface area (Å²) in [6.45, 7) is 5.76. The van der Waals surface area contributed by atoms with Gasteiger partial charge in [0.25, 0.3) is 0 Å². The van der Waals surface area contributed by atoms with Crippen LogP contribution in [0.1, 0.15) is 47.9 Å². The van der Waals surface area contributed by atoms with Crippen molar-refractivity contribution in [3.8, 4) is 11.8 Å². The molecule has 2 aliphatic heterocycles. The Labute approximate surface area is 220 Å². The predicted octanol–water partition coefficient (Wildman–Crippen LogP) is 5.24. The minimum Gasteiger partial charge on any atom is -0.395 e. The molecule has 190 valence electrons. The maximum atomic E-state index is 13.2. The number of anilines is 1. The molecule has 0 saturated carbocycles. The molecule has 5 heteroatoms. The van der Waals surface area contributed by atoms with Crippen LogP contribution >= 0.6 is 0 Å². The average molecular weight is 494 g/mol. The normalized spacial score (nSPS) is 23.5. The molecule has 3 aromatic rings. The molecule has 1 unspecified atom stereocenters. The molecule has 2 fully saturated rings. The van der Waals surface area contributed by atoms with Gasteiger partial charge in [0, 0.05) is 53.9 Å². The fraction of sp³-hybridized carbons (Fsp3) is 0.344. The summed E-state index contributed by atoms with van der Waals surface area (Å²) in [6.07, 6.45) is 1.95. The SMILES string of the molecule is Cc1ccc(NC(=O)N2CCCC(C)N3[C@H](CO)[C@H](c4ccc(C#Cc5ccccc5)cc4)[C@@H]3C2)cc1. The van der Waals surface area contributed by atoms with Gasteiger partial charge in [-0.1, -0.05) is 59.9 Å². The largest absolute Gasteiger partial charge is 0.395 e. The van der Waals surface area contributed by atoms with Crippen LogP contribution in [0.15, 0.2) is 78.9 Å². The smallest absolute Gasteiger partial charge is 0.321 e. The summed E-state index contributed by atoms with van der Waals surface area (Å²) in [7, 11) is 0. The average Bonchev–Trinajstić information content (AvgIpc) is 2.90. The highest BCUT2D eigenvalue weighted by atomic mass is 16.3. The minimum absolute atomic E-state index is 0.0568. The van der Waals surface area contributed by atoms with Crippen LogP contribution in [0.2, 0.25) is 0 Å². The number of urea groups is 1. The van der Waals surface area contributed by atoms with Crippen LogP contribution in [0.3, 0.4) is 0 Å². The fourth-order valence-corrected chi connectivity index (χ4v) is 5.81. The van der Waals surface area contributed by atoms with Crippen LogP contribution in [0, 0.1) is 18.8 Å². The quantitative estimate of drug-likeness (QED) is 0.491. The van der Waals surface area contributed by atoms with Gasteiger partial charge in [0.15, 0.2) is 0 Å². The summed E-state index contributed by atoms with van der Waals surface area (Å²) in [5, 5.41) is 13.4. The van der Waals surface area contributed by atoms with Gasteiger partial charge in [-0.05, 0) is 68.7 Å². The fourth-order valence-electron chi connectivity index (χ4n) is 5.81. The second-order valence-corrected chi connectivity index (χ2v) is 10.3. The van der Waals surface area contributed by atoms with Crippen LogP contribution in [-0.4, -0.2) is 58.8 Å². The van der Waals surface area contributed by atoms with E-state index in [1.54, 1.807) is 0 Å². The Morgan fingerprint density at radius 2 is 1.65 bits per heavy atom. The Hall–Kier alpha value is -3.59. The van der Waals surface area contributed by atoms with Crippen LogP contribution in [-0.2, 0) is 0 Å². The zero-order chi connectivity index (χ0) is 25.8. The Balaban J connectivity index is 1.34. The lowest BCUT2D eigenvalue weighted by atomic mass is 9.73. The van der Waals surface area contributed by atoms with Gasteiger partial charge in [-0.15, -0.1) is 0 Å². The van der Waals surface area contributed by atoms with Crippen LogP contribution < -0.4 is 5.32 Å². The summed E-state index contributed by atoms with van der Waals surface area (Å²) in [6, 6.07) is 26.8. The number of amides is 2. The van der Waals surface area contributed by atoms with Gasteiger partial charge in [-0.25, -0.2) is 4.79 Å². The number of aliphatic hydroxyl groups excluding tert-OH is 1. The number of hydrogen-bond acceptors (Lipinski definition) is 3. The monoisotopic (exact) mass is 493 g/mol. The van der Waals surface area contributed by atoms with E-state index in [1.807, 2.05) is 66.4 Å².